The van der Waals surface area contributed by atoms with Gasteiger partial charge >= 0.3 is 6.09 Å². The Morgan fingerprint density at radius 1 is 0.979 bits per heavy atom. The molecule has 3 fully saturated rings. The fraction of sp³-hybridized carbons (Fsp3) is 0.471. The van der Waals surface area contributed by atoms with Crippen LogP contribution in [0.25, 0.3) is 0 Å². The normalized spacial score (nSPS) is 28.5. The molecule has 13 heteroatoms. The van der Waals surface area contributed by atoms with E-state index in [0.29, 0.717) is 36.6 Å². The third kappa shape index (κ3) is 7.61. The molecule has 0 bridgehead atoms. The van der Waals surface area contributed by atoms with Crippen LogP contribution in [-0.2, 0) is 29.1 Å². The van der Waals surface area contributed by atoms with Crippen molar-refractivity contribution in [2.45, 2.75) is 68.3 Å². The summed E-state index contributed by atoms with van der Waals surface area (Å²) >= 11 is 0. The molecule has 3 N–H and O–H groups in total. The fourth-order valence-corrected chi connectivity index (χ4v) is 7.82. The van der Waals surface area contributed by atoms with Gasteiger partial charge in [0.05, 0.1) is 17.1 Å². The lowest BCUT2D eigenvalue weighted by Crippen LogP contribution is -2.54. The van der Waals surface area contributed by atoms with Crippen molar-refractivity contribution >= 4 is 39.5 Å². The second kappa shape index (κ2) is 13.4. The smallest absolute Gasteiger partial charge is 0.411 e. The molecule has 47 heavy (non-hydrogen) atoms. The van der Waals surface area contributed by atoms with E-state index >= 15 is 0 Å². The molecule has 3 aliphatic carbocycles. The van der Waals surface area contributed by atoms with E-state index in [1.165, 1.54) is 0 Å². The summed E-state index contributed by atoms with van der Waals surface area (Å²) in [4.78, 5) is 55.5. The highest BCUT2D eigenvalue weighted by molar-refractivity contribution is 7.91. The molecule has 250 valence electrons. The minimum absolute atomic E-state index is 0.0687. The lowest BCUT2D eigenvalue weighted by atomic mass is 9.93. The van der Waals surface area contributed by atoms with Crippen molar-refractivity contribution in [2.75, 3.05) is 18.9 Å². The molecular formula is C34H40N4O8S. The van der Waals surface area contributed by atoms with Crippen molar-refractivity contribution in [3.63, 3.8) is 0 Å². The number of rotatable bonds is 7. The quantitative estimate of drug-likeness (QED) is 0.373. The number of allylic oxidation sites excluding steroid dienone is 1. The Labute approximate surface area is 274 Å². The highest BCUT2D eigenvalue weighted by Gasteiger charge is 2.62. The summed E-state index contributed by atoms with van der Waals surface area (Å²) in [5.74, 6) is -2.43. The van der Waals surface area contributed by atoms with Crippen LogP contribution in [0.2, 0.25) is 0 Å². The van der Waals surface area contributed by atoms with Crippen molar-refractivity contribution < 1.29 is 37.1 Å². The molecule has 2 aromatic carbocycles. The van der Waals surface area contributed by atoms with Crippen molar-refractivity contribution in [3.8, 4) is 11.5 Å². The van der Waals surface area contributed by atoms with Gasteiger partial charge in [-0.3, -0.25) is 24.4 Å². The van der Waals surface area contributed by atoms with E-state index < -0.39 is 56.7 Å². The number of sulfonamides is 1. The third-order valence-electron chi connectivity index (χ3n) is 9.33. The molecule has 0 spiro atoms. The van der Waals surface area contributed by atoms with E-state index in [4.69, 9.17) is 9.47 Å². The Bertz CT molecular complexity index is 1660. The number of fused-ring (bicyclic) bond motifs is 2. The van der Waals surface area contributed by atoms with Gasteiger partial charge in [0.2, 0.25) is 21.8 Å². The standard InChI is InChI=1S/C34H40N4O8S/c1-38-17-8-3-2-5-10-22-21-34(22,32(41)37-47(43,44)27-15-16-27)36-30(39)28-19-26(20-29(28)31(38)40)46-33(42)35-23-11-9-14-25(18-23)45-24-12-6-4-7-13-24/h4-7,9-14,18,22,26-29H,2-3,8,15-17,19-21H2,1H3,(H,35,42)(H,36,39)(H,37,41)/b10-5+. The minimum atomic E-state index is -3.83. The molecule has 0 saturated heterocycles. The van der Waals surface area contributed by atoms with Gasteiger partial charge in [0.15, 0.2) is 0 Å². The van der Waals surface area contributed by atoms with Crippen LogP contribution in [0, 0.1) is 17.8 Å². The number of nitrogens with zero attached hydrogens (tertiary/aromatic N) is 1. The number of anilines is 1. The molecule has 1 aliphatic heterocycles. The molecule has 4 amide bonds. The largest absolute Gasteiger partial charge is 0.457 e. The molecule has 6 rings (SSSR count). The first kappa shape index (κ1) is 32.5. The highest BCUT2D eigenvalue weighted by Crippen LogP contribution is 2.47. The zero-order chi connectivity index (χ0) is 33.2. The first-order chi connectivity index (χ1) is 22.5. The maximum absolute atomic E-state index is 13.9. The van der Waals surface area contributed by atoms with E-state index in [1.807, 2.05) is 42.5 Å². The van der Waals surface area contributed by atoms with Crippen molar-refractivity contribution in [2.24, 2.45) is 17.8 Å². The number of benzene rings is 2. The lowest BCUT2D eigenvalue weighted by Gasteiger charge is -2.26. The zero-order valence-corrected chi connectivity index (χ0v) is 27.0. The number of hydrogen-bond acceptors (Lipinski definition) is 8. The predicted octanol–water partition coefficient (Wildman–Crippen LogP) is 4.10. The average Bonchev–Trinajstić information content (AvgIpc) is 3.96. The van der Waals surface area contributed by atoms with Gasteiger partial charge in [-0.2, -0.15) is 0 Å². The minimum Gasteiger partial charge on any atom is -0.457 e. The second-order valence-corrected chi connectivity index (χ2v) is 14.9. The topological polar surface area (TPSA) is 160 Å². The molecule has 5 unspecified atom stereocenters. The van der Waals surface area contributed by atoms with Gasteiger partial charge in [0.1, 0.15) is 23.1 Å². The van der Waals surface area contributed by atoms with E-state index in [1.54, 1.807) is 36.2 Å². The van der Waals surface area contributed by atoms with Crippen LogP contribution < -0.4 is 20.1 Å². The van der Waals surface area contributed by atoms with Crippen molar-refractivity contribution in [1.82, 2.24) is 14.9 Å². The molecule has 2 aromatic rings. The zero-order valence-electron chi connectivity index (χ0n) is 26.2. The van der Waals surface area contributed by atoms with E-state index in [2.05, 4.69) is 15.4 Å². The maximum Gasteiger partial charge on any atom is 0.411 e. The van der Waals surface area contributed by atoms with E-state index in [9.17, 15) is 27.6 Å². The molecule has 4 aliphatic rings. The van der Waals surface area contributed by atoms with Gasteiger partial charge in [-0.1, -0.05) is 36.4 Å². The van der Waals surface area contributed by atoms with Gasteiger partial charge < -0.3 is 19.7 Å². The molecule has 12 nitrogen and oxygen atoms in total. The maximum atomic E-state index is 13.9. The van der Waals surface area contributed by atoms with Crippen LogP contribution in [-0.4, -0.2) is 67.6 Å². The number of carbonyl (C=O) groups is 4. The number of nitrogens with one attached hydrogen (secondary N) is 3. The first-order valence-electron chi connectivity index (χ1n) is 16.1. The van der Waals surface area contributed by atoms with Gasteiger partial charge in [-0.15, -0.1) is 0 Å². The van der Waals surface area contributed by atoms with Gasteiger partial charge in [-0.25, -0.2) is 13.2 Å². The van der Waals surface area contributed by atoms with E-state index in [-0.39, 0.29) is 31.1 Å². The Kier molecular flexibility index (Phi) is 9.27. The Morgan fingerprint density at radius 3 is 2.49 bits per heavy atom. The average molecular weight is 665 g/mol. The number of para-hydroxylation sites is 1. The van der Waals surface area contributed by atoms with Crippen LogP contribution in [0.15, 0.2) is 66.7 Å². The summed E-state index contributed by atoms with van der Waals surface area (Å²) in [6.07, 6.45) is 6.05. The number of amides is 4. The van der Waals surface area contributed by atoms with Crippen molar-refractivity contribution in [1.29, 1.82) is 0 Å². The Balaban J connectivity index is 1.16. The van der Waals surface area contributed by atoms with Crippen LogP contribution >= 0.6 is 0 Å². The molecule has 3 saturated carbocycles. The van der Waals surface area contributed by atoms with Crippen molar-refractivity contribution in [3.05, 3.63) is 66.7 Å². The molecule has 0 aromatic heterocycles. The molecule has 0 radical (unpaired) electrons. The summed E-state index contributed by atoms with van der Waals surface area (Å²) in [5.41, 5.74) is -0.988. The van der Waals surface area contributed by atoms with Gasteiger partial charge in [0.25, 0.3) is 5.91 Å². The van der Waals surface area contributed by atoms with Crippen LogP contribution in [0.1, 0.15) is 51.4 Å². The first-order valence-corrected chi connectivity index (χ1v) is 17.7. The number of hydrogen-bond donors (Lipinski definition) is 3. The second-order valence-electron chi connectivity index (χ2n) is 12.9. The number of ether oxygens (including phenoxy) is 2. The summed E-state index contributed by atoms with van der Waals surface area (Å²) in [6.45, 7) is 0.514. The highest BCUT2D eigenvalue weighted by atomic mass is 32.2. The summed E-state index contributed by atoms with van der Waals surface area (Å²) in [7, 11) is -2.14. The monoisotopic (exact) mass is 664 g/mol. The van der Waals surface area contributed by atoms with E-state index in [0.717, 1.165) is 19.3 Å². The van der Waals surface area contributed by atoms with Gasteiger partial charge in [0, 0.05) is 31.3 Å². The Hall–Kier alpha value is -4.39. The van der Waals surface area contributed by atoms with Gasteiger partial charge in [-0.05, 0) is 75.6 Å². The molecule has 1 heterocycles. The summed E-state index contributed by atoms with van der Waals surface area (Å²) in [5, 5.41) is 4.94. The SMILES string of the molecule is CN1CCCC/C=C/C2CC2(C(=O)NS(=O)(=O)C2CC2)NC(=O)C2CC(OC(=O)Nc3cccc(Oc4ccccc4)c3)CC2C1=O. The third-order valence-corrected chi connectivity index (χ3v) is 11.1. The lowest BCUT2D eigenvalue weighted by molar-refractivity contribution is -0.140. The molecular weight excluding hydrogens is 624 g/mol. The van der Waals surface area contributed by atoms with Crippen LogP contribution in [0.3, 0.4) is 0 Å². The molecule has 5 atom stereocenters. The predicted molar refractivity (Wildman–Crippen MR) is 173 cm³/mol. The summed E-state index contributed by atoms with van der Waals surface area (Å²) < 4.78 is 39.0. The number of carbonyl (C=O) groups excluding carboxylic acids is 4. The fourth-order valence-electron chi connectivity index (χ4n) is 6.45. The Morgan fingerprint density at radius 2 is 1.72 bits per heavy atom. The van der Waals surface area contributed by atoms with Crippen LogP contribution in [0.5, 0.6) is 11.5 Å². The summed E-state index contributed by atoms with van der Waals surface area (Å²) in [6, 6.07) is 16.0. The van der Waals surface area contributed by atoms with Crippen LogP contribution in [0.4, 0.5) is 10.5 Å².